The van der Waals surface area contributed by atoms with Gasteiger partial charge in [0, 0.05) is 37.1 Å². The Morgan fingerprint density at radius 3 is 2.86 bits per heavy atom. The lowest BCUT2D eigenvalue weighted by Crippen LogP contribution is -2.33. The number of halogens is 1. The van der Waals surface area contributed by atoms with E-state index in [4.69, 9.17) is 0 Å². The minimum atomic E-state index is -0.347. The molecule has 4 nitrogen and oxygen atoms in total. The van der Waals surface area contributed by atoms with Crippen molar-refractivity contribution in [2.45, 2.75) is 18.8 Å². The van der Waals surface area contributed by atoms with Crippen LogP contribution in [0.3, 0.4) is 0 Å². The van der Waals surface area contributed by atoms with Crippen LogP contribution in [0.4, 0.5) is 4.39 Å². The molecule has 0 spiro atoms. The number of carbonyl (C=O) groups excluding carboxylic acids is 1. The van der Waals surface area contributed by atoms with E-state index in [-0.39, 0.29) is 11.7 Å². The van der Waals surface area contributed by atoms with Gasteiger partial charge in [0.2, 0.25) is 0 Å². The minimum absolute atomic E-state index is 0.0878. The second-order valence-corrected chi connectivity index (χ2v) is 5.86. The maximum absolute atomic E-state index is 13.6. The van der Waals surface area contributed by atoms with Crippen molar-refractivity contribution >= 4 is 16.8 Å². The monoisotopic (exact) mass is 301 g/mol. The number of carbonyl (C=O) groups is 1. The molecule has 1 aromatic heterocycles. The second kappa shape index (κ2) is 6.01. The quantitative estimate of drug-likeness (QED) is 0.923. The lowest BCUT2D eigenvalue weighted by molar-refractivity contribution is 0.0798. The van der Waals surface area contributed by atoms with Crippen LogP contribution in [0.2, 0.25) is 0 Å². The fourth-order valence-electron chi connectivity index (χ4n) is 2.57. The Morgan fingerprint density at radius 2 is 2.18 bits per heavy atom. The number of aromatic nitrogens is 1. The highest BCUT2D eigenvalue weighted by Crippen LogP contribution is 2.40. The first-order chi connectivity index (χ1) is 10.6. The number of nitrogens with one attached hydrogen (secondary N) is 1. The lowest BCUT2D eigenvalue weighted by Gasteiger charge is -2.18. The molecule has 2 aromatic rings. The molecule has 1 aromatic carbocycles. The fraction of sp³-hybridized carbons (Fsp3) is 0.412. The average molecular weight is 301 g/mol. The SMILES string of the molecule is CNCCN(C)C(=O)c1cc(C2CC2)nc2ccc(F)cc12. The van der Waals surface area contributed by atoms with Crippen LogP contribution < -0.4 is 5.32 Å². The summed E-state index contributed by atoms with van der Waals surface area (Å²) in [5, 5.41) is 3.61. The first kappa shape index (κ1) is 14.9. The topological polar surface area (TPSA) is 45.2 Å². The molecular weight excluding hydrogens is 281 g/mol. The van der Waals surface area contributed by atoms with Crippen molar-refractivity contribution in [1.82, 2.24) is 15.2 Å². The predicted octanol–water partition coefficient (Wildman–Crippen LogP) is 2.54. The van der Waals surface area contributed by atoms with E-state index in [1.165, 1.54) is 12.1 Å². The summed E-state index contributed by atoms with van der Waals surface area (Å²) < 4.78 is 13.6. The molecule has 0 bridgehead atoms. The first-order valence-corrected chi connectivity index (χ1v) is 7.60. The summed E-state index contributed by atoms with van der Waals surface area (Å²) in [6, 6.07) is 6.29. The molecule has 0 unspecified atom stereocenters. The predicted molar refractivity (Wildman–Crippen MR) is 84.6 cm³/mol. The molecule has 1 heterocycles. The maximum atomic E-state index is 13.6. The lowest BCUT2D eigenvalue weighted by atomic mass is 10.0. The van der Waals surface area contributed by atoms with E-state index >= 15 is 0 Å². The van der Waals surface area contributed by atoms with Gasteiger partial charge in [0.15, 0.2) is 0 Å². The highest BCUT2D eigenvalue weighted by atomic mass is 19.1. The molecule has 1 saturated carbocycles. The van der Waals surface area contributed by atoms with Gasteiger partial charge in [0.1, 0.15) is 5.82 Å². The van der Waals surface area contributed by atoms with E-state index in [2.05, 4.69) is 10.3 Å². The number of amides is 1. The van der Waals surface area contributed by atoms with Gasteiger partial charge in [-0.05, 0) is 44.2 Å². The third-order valence-electron chi connectivity index (χ3n) is 4.06. The molecule has 116 valence electrons. The van der Waals surface area contributed by atoms with E-state index in [1.807, 2.05) is 13.1 Å². The summed E-state index contributed by atoms with van der Waals surface area (Å²) in [7, 11) is 3.61. The van der Waals surface area contributed by atoms with Crippen LogP contribution in [0, 0.1) is 5.82 Å². The Labute approximate surface area is 129 Å². The summed E-state index contributed by atoms with van der Waals surface area (Å²) in [4.78, 5) is 19.0. The number of rotatable bonds is 5. The second-order valence-electron chi connectivity index (χ2n) is 5.86. The maximum Gasteiger partial charge on any atom is 0.254 e. The Bertz CT molecular complexity index is 712. The largest absolute Gasteiger partial charge is 0.340 e. The van der Waals surface area contributed by atoms with Crippen LogP contribution >= 0.6 is 0 Å². The van der Waals surface area contributed by atoms with Crippen molar-refractivity contribution in [3.8, 4) is 0 Å². The number of hydrogen-bond donors (Lipinski definition) is 1. The van der Waals surface area contributed by atoms with Crippen LogP contribution in [-0.2, 0) is 0 Å². The minimum Gasteiger partial charge on any atom is -0.340 e. The van der Waals surface area contributed by atoms with Gasteiger partial charge < -0.3 is 10.2 Å². The smallest absolute Gasteiger partial charge is 0.254 e. The number of hydrogen-bond acceptors (Lipinski definition) is 3. The van der Waals surface area contributed by atoms with Gasteiger partial charge in [-0.25, -0.2) is 4.39 Å². The summed E-state index contributed by atoms with van der Waals surface area (Å²) in [6.07, 6.45) is 2.23. The molecule has 1 aliphatic rings. The molecule has 1 fully saturated rings. The zero-order valence-corrected chi connectivity index (χ0v) is 12.9. The van der Waals surface area contributed by atoms with Gasteiger partial charge in [-0.1, -0.05) is 0 Å². The van der Waals surface area contributed by atoms with Crippen LogP contribution in [-0.4, -0.2) is 43.0 Å². The Morgan fingerprint density at radius 1 is 1.41 bits per heavy atom. The van der Waals surface area contributed by atoms with Crippen LogP contribution in [0.5, 0.6) is 0 Å². The number of fused-ring (bicyclic) bond motifs is 1. The molecule has 3 rings (SSSR count). The van der Waals surface area contributed by atoms with Gasteiger partial charge in [-0.2, -0.15) is 0 Å². The average Bonchev–Trinajstić information content (AvgIpc) is 3.35. The molecule has 22 heavy (non-hydrogen) atoms. The van der Waals surface area contributed by atoms with Crippen molar-refractivity contribution in [1.29, 1.82) is 0 Å². The molecule has 1 aliphatic carbocycles. The van der Waals surface area contributed by atoms with E-state index < -0.39 is 0 Å². The van der Waals surface area contributed by atoms with Crippen molar-refractivity contribution in [3.63, 3.8) is 0 Å². The normalized spacial score (nSPS) is 14.3. The molecule has 1 N–H and O–H groups in total. The molecule has 0 saturated heterocycles. The highest BCUT2D eigenvalue weighted by Gasteiger charge is 2.27. The molecule has 0 atom stereocenters. The molecule has 1 amide bonds. The van der Waals surface area contributed by atoms with Gasteiger partial charge in [-0.3, -0.25) is 9.78 Å². The fourth-order valence-corrected chi connectivity index (χ4v) is 2.57. The van der Waals surface area contributed by atoms with Gasteiger partial charge in [-0.15, -0.1) is 0 Å². The summed E-state index contributed by atoms with van der Waals surface area (Å²) in [6.45, 7) is 1.32. The summed E-state index contributed by atoms with van der Waals surface area (Å²) in [5.74, 6) is 0.0131. The Kier molecular flexibility index (Phi) is 4.07. The van der Waals surface area contributed by atoms with E-state index in [0.29, 0.717) is 28.9 Å². The summed E-state index contributed by atoms with van der Waals surface area (Å²) >= 11 is 0. The van der Waals surface area contributed by atoms with Gasteiger partial charge in [0.05, 0.1) is 11.1 Å². The highest BCUT2D eigenvalue weighted by molar-refractivity contribution is 6.06. The Balaban J connectivity index is 2.05. The van der Waals surface area contributed by atoms with Crippen LogP contribution in [0.25, 0.3) is 10.9 Å². The first-order valence-electron chi connectivity index (χ1n) is 7.60. The zero-order chi connectivity index (χ0) is 15.7. The standard InChI is InChI=1S/C17H20FN3O/c1-19-7-8-21(2)17(22)14-10-16(11-3-4-11)20-15-6-5-12(18)9-13(14)15/h5-6,9-11,19H,3-4,7-8H2,1-2H3. The Hall–Kier alpha value is -2.01. The molecule has 5 heteroatoms. The van der Waals surface area contributed by atoms with Crippen molar-refractivity contribution in [2.24, 2.45) is 0 Å². The van der Waals surface area contributed by atoms with Crippen molar-refractivity contribution < 1.29 is 9.18 Å². The van der Waals surface area contributed by atoms with Crippen molar-refractivity contribution in [3.05, 3.63) is 41.3 Å². The third kappa shape index (κ3) is 2.95. The molecule has 0 radical (unpaired) electrons. The van der Waals surface area contributed by atoms with E-state index in [0.717, 1.165) is 25.1 Å². The van der Waals surface area contributed by atoms with E-state index in [1.54, 1.807) is 18.0 Å². The molecule has 0 aliphatic heterocycles. The zero-order valence-electron chi connectivity index (χ0n) is 12.9. The number of pyridine rings is 1. The molecular formula is C17H20FN3O. The van der Waals surface area contributed by atoms with Gasteiger partial charge in [0.25, 0.3) is 5.91 Å². The van der Waals surface area contributed by atoms with Crippen LogP contribution in [0.1, 0.15) is 34.8 Å². The van der Waals surface area contributed by atoms with Crippen molar-refractivity contribution in [2.75, 3.05) is 27.2 Å². The number of nitrogens with zero attached hydrogens (tertiary/aromatic N) is 2. The van der Waals surface area contributed by atoms with Gasteiger partial charge >= 0.3 is 0 Å². The van der Waals surface area contributed by atoms with Crippen LogP contribution in [0.15, 0.2) is 24.3 Å². The number of likely N-dealkylation sites (N-methyl/N-ethyl adjacent to an activating group) is 2. The number of benzene rings is 1. The summed E-state index contributed by atoms with van der Waals surface area (Å²) in [5.41, 5.74) is 2.19. The van der Waals surface area contributed by atoms with E-state index in [9.17, 15) is 9.18 Å². The third-order valence-corrected chi connectivity index (χ3v) is 4.06.